The summed E-state index contributed by atoms with van der Waals surface area (Å²) in [6, 6.07) is 9.37. The maximum Gasteiger partial charge on any atom is 0.0991 e. The second-order valence-electron chi connectivity index (χ2n) is 2.77. The van der Waals surface area contributed by atoms with Gasteiger partial charge in [0.25, 0.3) is 0 Å². The van der Waals surface area contributed by atoms with Gasteiger partial charge in [-0.15, -0.1) is 0 Å². The van der Waals surface area contributed by atoms with E-state index in [0.717, 1.165) is 5.56 Å². The molecule has 0 aliphatic rings. The summed E-state index contributed by atoms with van der Waals surface area (Å²) in [5, 5.41) is 8.55. The lowest BCUT2D eigenvalue weighted by molar-refractivity contribution is 1.06. The number of aliphatic imine (C=N–C) groups is 1. The second-order valence-corrected chi connectivity index (χ2v) is 2.77. The molecule has 0 fully saturated rings. The number of nitriles is 1. The normalized spacial score (nSPS) is 10.9. The quantitative estimate of drug-likeness (QED) is 0.543. The summed E-state index contributed by atoms with van der Waals surface area (Å²) in [5.41, 5.74) is 7.12. The Bertz CT molecular complexity index is 339. The van der Waals surface area contributed by atoms with E-state index in [-0.39, 0.29) is 0 Å². The minimum atomic E-state index is 0.573. The molecule has 0 saturated heterocycles. The Kier molecular flexibility index (Phi) is 3.04. The van der Waals surface area contributed by atoms with Gasteiger partial charge in [0.05, 0.1) is 24.0 Å². The lowest BCUT2D eigenvalue weighted by Crippen LogP contribution is -2.05. The molecule has 1 aromatic rings. The minimum absolute atomic E-state index is 0.573. The van der Waals surface area contributed by atoms with Gasteiger partial charge >= 0.3 is 0 Å². The molecule has 0 aliphatic heterocycles. The highest BCUT2D eigenvalue weighted by Crippen LogP contribution is 2.04. The van der Waals surface area contributed by atoms with Gasteiger partial charge in [0.15, 0.2) is 0 Å². The van der Waals surface area contributed by atoms with Crippen molar-refractivity contribution in [3.8, 4) is 6.07 Å². The van der Waals surface area contributed by atoms with Gasteiger partial charge < -0.3 is 5.73 Å². The van der Waals surface area contributed by atoms with E-state index < -0.39 is 0 Å². The lowest BCUT2D eigenvalue weighted by atomic mass is 10.1. The third-order valence-electron chi connectivity index (χ3n) is 1.59. The monoisotopic (exact) mass is 173 g/mol. The van der Waals surface area contributed by atoms with Crippen LogP contribution in [0.4, 0.5) is 0 Å². The summed E-state index contributed by atoms with van der Waals surface area (Å²) in [4.78, 5) is 4.06. The van der Waals surface area contributed by atoms with Gasteiger partial charge in [0.2, 0.25) is 0 Å². The molecule has 0 spiro atoms. The smallest absolute Gasteiger partial charge is 0.0991 e. The topological polar surface area (TPSA) is 62.2 Å². The van der Waals surface area contributed by atoms with E-state index in [1.165, 1.54) is 0 Å². The second kappa shape index (κ2) is 4.27. The number of hydrogen-bond acceptors (Lipinski definition) is 2. The first kappa shape index (κ1) is 9.27. The Labute approximate surface area is 77.5 Å². The minimum Gasteiger partial charge on any atom is -0.388 e. The third kappa shape index (κ3) is 2.96. The zero-order valence-corrected chi connectivity index (χ0v) is 7.49. The molecule has 2 N–H and O–H groups in total. The highest BCUT2D eigenvalue weighted by molar-refractivity contribution is 5.77. The highest BCUT2D eigenvalue weighted by atomic mass is 14.8. The molecule has 1 rings (SSSR count). The third-order valence-corrected chi connectivity index (χ3v) is 1.59. The van der Waals surface area contributed by atoms with Crippen LogP contribution < -0.4 is 5.73 Å². The van der Waals surface area contributed by atoms with Crippen molar-refractivity contribution in [2.75, 3.05) is 0 Å². The van der Waals surface area contributed by atoms with Crippen molar-refractivity contribution >= 4 is 5.84 Å². The van der Waals surface area contributed by atoms with Gasteiger partial charge in [-0.1, -0.05) is 12.1 Å². The first-order valence-electron chi connectivity index (χ1n) is 3.98. The SMILES string of the molecule is CC(N)=NCc1ccc(C#N)cc1. The molecule has 13 heavy (non-hydrogen) atoms. The molecule has 0 amide bonds. The maximum atomic E-state index is 8.55. The number of benzene rings is 1. The van der Waals surface area contributed by atoms with Crippen molar-refractivity contribution < 1.29 is 0 Å². The van der Waals surface area contributed by atoms with Gasteiger partial charge in [-0.2, -0.15) is 5.26 Å². The number of nitrogens with zero attached hydrogens (tertiary/aromatic N) is 2. The van der Waals surface area contributed by atoms with Crippen molar-refractivity contribution in [2.45, 2.75) is 13.5 Å². The molecule has 0 heterocycles. The summed E-state index contributed by atoms with van der Waals surface area (Å²) >= 11 is 0. The van der Waals surface area contributed by atoms with Crippen LogP contribution in [0.1, 0.15) is 18.1 Å². The summed E-state index contributed by atoms with van der Waals surface area (Å²) in [6.45, 7) is 2.33. The number of nitrogens with two attached hydrogens (primary N) is 1. The number of hydrogen-bond donors (Lipinski definition) is 1. The van der Waals surface area contributed by atoms with E-state index in [9.17, 15) is 0 Å². The van der Waals surface area contributed by atoms with Gasteiger partial charge in [0.1, 0.15) is 0 Å². The molecule has 0 atom stereocenters. The van der Waals surface area contributed by atoms with Gasteiger partial charge in [0, 0.05) is 0 Å². The summed E-state index contributed by atoms with van der Waals surface area (Å²) in [7, 11) is 0. The molecule has 0 aromatic heterocycles. The molecule has 0 bridgehead atoms. The van der Waals surface area contributed by atoms with Crippen LogP contribution >= 0.6 is 0 Å². The fourth-order valence-corrected chi connectivity index (χ4v) is 0.901. The van der Waals surface area contributed by atoms with Crippen LogP contribution in [0.2, 0.25) is 0 Å². The average molecular weight is 173 g/mol. The van der Waals surface area contributed by atoms with E-state index in [1.807, 2.05) is 12.1 Å². The van der Waals surface area contributed by atoms with Crippen LogP contribution in [0.15, 0.2) is 29.3 Å². The lowest BCUT2D eigenvalue weighted by Gasteiger charge is -1.96. The predicted molar refractivity (Wildman–Crippen MR) is 52.2 cm³/mol. The van der Waals surface area contributed by atoms with Gasteiger partial charge in [-0.25, -0.2) is 0 Å². The van der Waals surface area contributed by atoms with Crippen LogP contribution in [0, 0.1) is 11.3 Å². The molecule has 3 heteroatoms. The first-order chi connectivity index (χ1) is 6.22. The Morgan fingerprint density at radius 2 is 2.08 bits per heavy atom. The number of amidine groups is 1. The zero-order chi connectivity index (χ0) is 9.68. The molecule has 0 aliphatic carbocycles. The largest absolute Gasteiger partial charge is 0.388 e. The molecule has 0 saturated carbocycles. The molecule has 0 radical (unpaired) electrons. The summed E-state index contributed by atoms with van der Waals surface area (Å²) in [5.74, 6) is 0.573. The molecular formula is C10H11N3. The molecule has 66 valence electrons. The van der Waals surface area contributed by atoms with Crippen molar-refractivity contribution in [1.82, 2.24) is 0 Å². The van der Waals surface area contributed by atoms with Crippen LogP contribution in [0.25, 0.3) is 0 Å². The first-order valence-corrected chi connectivity index (χ1v) is 3.98. The highest BCUT2D eigenvalue weighted by Gasteiger charge is 1.91. The molecule has 1 aromatic carbocycles. The van der Waals surface area contributed by atoms with Crippen LogP contribution in [0.3, 0.4) is 0 Å². The van der Waals surface area contributed by atoms with Crippen LogP contribution in [-0.2, 0) is 6.54 Å². The van der Waals surface area contributed by atoms with E-state index in [0.29, 0.717) is 17.9 Å². The molecule has 3 nitrogen and oxygen atoms in total. The average Bonchev–Trinajstić information content (AvgIpc) is 2.15. The van der Waals surface area contributed by atoms with E-state index in [1.54, 1.807) is 19.1 Å². The standard InChI is InChI=1S/C10H11N3/c1-8(12)13-7-10-4-2-9(6-11)3-5-10/h2-5H,7H2,1H3,(H2,12,13). The van der Waals surface area contributed by atoms with Crippen molar-refractivity contribution in [3.63, 3.8) is 0 Å². The molecule has 0 unspecified atom stereocenters. The van der Waals surface area contributed by atoms with Crippen molar-refractivity contribution in [1.29, 1.82) is 5.26 Å². The Morgan fingerprint density at radius 1 is 1.46 bits per heavy atom. The number of rotatable bonds is 2. The maximum absolute atomic E-state index is 8.55. The van der Waals surface area contributed by atoms with E-state index >= 15 is 0 Å². The van der Waals surface area contributed by atoms with Crippen molar-refractivity contribution in [2.24, 2.45) is 10.7 Å². The summed E-state index contributed by atoms with van der Waals surface area (Å²) in [6.07, 6.45) is 0. The van der Waals surface area contributed by atoms with E-state index in [2.05, 4.69) is 11.1 Å². The molecular weight excluding hydrogens is 162 g/mol. The van der Waals surface area contributed by atoms with Crippen LogP contribution in [0.5, 0.6) is 0 Å². The Morgan fingerprint density at radius 3 is 2.54 bits per heavy atom. The van der Waals surface area contributed by atoms with Crippen LogP contribution in [-0.4, -0.2) is 5.84 Å². The Hall–Kier alpha value is -1.82. The fraction of sp³-hybridized carbons (Fsp3) is 0.200. The Balaban J connectivity index is 2.71. The summed E-state index contributed by atoms with van der Waals surface area (Å²) < 4.78 is 0. The fourth-order valence-electron chi connectivity index (χ4n) is 0.901. The van der Waals surface area contributed by atoms with Gasteiger partial charge in [-0.05, 0) is 24.6 Å². The van der Waals surface area contributed by atoms with Gasteiger partial charge in [-0.3, -0.25) is 4.99 Å². The zero-order valence-electron chi connectivity index (χ0n) is 7.49. The van der Waals surface area contributed by atoms with Crippen molar-refractivity contribution in [3.05, 3.63) is 35.4 Å². The predicted octanol–water partition coefficient (Wildman–Crippen LogP) is 1.44. The van der Waals surface area contributed by atoms with E-state index in [4.69, 9.17) is 11.0 Å².